The second-order valence-corrected chi connectivity index (χ2v) is 5.37. The molecule has 0 saturated heterocycles. The highest BCUT2D eigenvalue weighted by Crippen LogP contribution is 2.32. The van der Waals surface area contributed by atoms with Crippen molar-refractivity contribution in [2.75, 3.05) is 0 Å². The molecule has 0 amide bonds. The molecule has 1 unspecified atom stereocenters. The van der Waals surface area contributed by atoms with E-state index in [-0.39, 0.29) is 0 Å². The van der Waals surface area contributed by atoms with E-state index in [1.807, 2.05) is 0 Å². The van der Waals surface area contributed by atoms with E-state index < -0.39 is 11.7 Å². The molecule has 0 heterocycles. The first-order chi connectivity index (χ1) is 7.95. The lowest BCUT2D eigenvalue weighted by Gasteiger charge is -2.14. The van der Waals surface area contributed by atoms with Gasteiger partial charge in [-0.3, -0.25) is 0 Å². The molecule has 1 aromatic carbocycles. The first kappa shape index (κ1) is 14.6. The lowest BCUT2D eigenvalue weighted by molar-refractivity contribution is -0.138. The SMILES string of the molecule is CCCC(Br)CCc1ccccc1C(F)(F)F. The number of benzene rings is 1. The topological polar surface area (TPSA) is 0 Å². The summed E-state index contributed by atoms with van der Waals surface area (Å²) in [6.07, 6.45) is -1.01. The standard InChI is InChI=1S/C13H16BrF3/c1-2-5-11(14)9-8-10-6-3-4-7-12(10)13(15,16)17/h3-4,6-7,11H,2,5,8-9H2,1H3. The van der Waals surface area contributed by atoms with E-state index in [1.54, 1.807) is 12.1 Å². The molecule has 0 aliphatic rings. The zero-order valence-corrected chi connectivity index (χ0v) is 11.3. The van der Waals surface area contributed by atoms with Crippen molar-refractivity contribution in [3.8, 4) is 0 Å². The van der Waals surface area contributed by atoms with Gasteiger partial charge in [-0.05, 0) is 30.9 Å². The Hall–Kier alpha value is -0.510. The lowest BCUT2D eigenvalue weighted by Crippen LogP contribution is -2.10. The predicted octanol–water partition coefficient (Wildman–Crippen LogP) is 5.20. The molecule has 0 aliphatic carbocycles. The van der Waals surface area contributed by atoms with Crippen molar-refractivity contribution in [1.29, 1.82) is 0 Å². The number of halogens is 4. The largest absolute Gasteiger partial charge is 0.416 e. The Morgan fingerprint density at radius 3 is 2.41 bits per heavy atom. The highest BCUT2D eigenvalue weighted by Gasteiger charge is 2.32. The molecule has 1 rings (SSSR count). The fraction of sp³-hybridized carbons (Fsp3) is 0.538. The van der Waals surface area contributed by atoms with Crippen molar-refractivity contribution < 1.29 is 13.2 Å². The summed E-state index contributed by atoms with van der Waals surface area (Å²) in [7, 11) is 0. The third-order valence-corrected chi connectivity index (χ3v) is 3.57. The maximum Gasteiger partial charge on any atom is 0.416 e. The highest BCUT2D eigenvalue weighted by molar-refractivity contribution is 9.09. The van der Waals surface area contributed by atoms with Crippen molar-refractivity contribution in [2.24, 2.45) is 0 Å². The van der Waals surface area contributed by atoms with Gasteiger partial charge in [0.05, 0.1) is 5.56 Å². The molecular weight excluding hydrogens is 293 g/mol. The van der Waals surface area contributed by atoms with Crippen LogP contribution in [-0.2, 0) is 12.6 Å². The smallest absolute Gasteiger partial charge is 0.166 e. The van der Waals surface area contributed by atoms with Gasteiger partial charge in [0.25, 0.3) is 0 Å². The Labute approximate surface area is 108 Å². The van der Waals surface area contributed by atoms with Gasteiger partial charge in [-0.25, -0.2) is 0 Å². The van der Waals surface area contributed by atoms with E-state index in [1.165, 1.54) is 6.07 Å². The zero-order chi connectivity index (χ0) is 12.9. The van der Waals surface area contributed by atoms with Gasteiger partial charge in [-0.1, -0.05) is 47.5 Å². The molecule has 0 aromatic heterocycles. The number of rotatable bonds is 5. The summed E-state index contributed by atoms with van der Waals surface area (Å²) < 4.78 is 38.1. The maximum atomic E-state index is 12.7. The lowest BCUT2D eigenvalue weighted by atomic mass is 10.0. The third kappa shape index (κ3) is 4.70. The van der Waals surface area contributed by atoms with Gasteiger partial charge in [0.1, 0.15) is 0 Å². The summed E-state index contributed by atoms with van der Waals surface area (Å²) in [5.41, 5.74) is -0.114. The van der Waals surface area contributed by atoms with E-state index in [2.05, 4.69) is 22.9 Å². The van der Waals surface area contributed by atoms with Gasteiger partial charge in [0.2, 0.25) is 0 Å². The second kappa shape index (κ2) is 6.43. The Balaban J connectivity index is 2.71. The maximum absolute atomic E-state index is 12.7. The summed E-state index contributed by atoms with van der Waals surface area (Å²) in [5.74, 6) is 0. The van der Waals surface area contributed by atoms with Crippen molar-refractivity contribution in [2.45, 2.75) is 43.6 Å². The Morgan fingerprint density at radius 2 is 1.82 bits per heavy atom. The van der Waals surface area contributed by atoms with Crippen LogP contribution in [0.5, 0.6) is 0 Å². The van der Waals surface area contributed by atoms with Gasteiger partial charge >= 0.3 is 6.18 Å². The summed E-state index contributed by atoms with van der Waals surface area (Å²) >= 11 is 3.49. The van der Waals surface area contributed by atoms with Crippen LogP contribution in [0.15, 0.2) is 24.3 Å². The molecule has 0 bridgehead atoms. The average Bonchev–Trinajstić information content (AvgIpc) is 2.26. The van der Waals surface area contributed by atoms with Crippen LogP contribution in [0.1, 0.15) is 37.3 Å². The number of aryl methyl sites for hydroxylation is 1. The fourth-order valence-corrected chi connectivity index (χ4v) is 2.47. The minimum absolute atomic E-state index is 0.300. The van der Waals surface area contributed by atoms with Crippen molar-refractivity contribution in [3.63, 3.8) is 0 Å². The summed E-state index contributed by atoms with van der Waals surface area (Å²) in [4.78, 5) is 0.300. The van der Waals surface area contributed by atoms with Crippen LogP contribution in [0.3, 0.4) is 0 Å². The Kier molecular flexibility index (Phi) is 5.50. The van der Waals surface area contributed by atoms with Crippen molar-refractivity contribution >= 4 is 15.9 Å². The number of alkyl halides is 4. The molecule has 0 aliphatic heterocycles. The van der Waals surface area contributed by atoms with Gasteiger partial charge in [0.15, 0.2) is 0 Å². The molecule has 96 valence electrons. The molecule has 0 fully saturated rings. The summed E-state index contributed by atoms with van der Waals surface area (Å²) in [6, 6.07) is 5.81. The number of hydrogen-bond acceptors (Lipinski definition) is 0. The van der Waals surface area contributed by atoms with E-state index >= 15 is 0 Å². The molecule has 0 N–H and O–H groups in total. The molecule has 4 heteroatoms. The van der Waals surface area contributed by atoms with Gasteiger partial charge in [-0.15, -0.1) is 0 Å². The second-order valence-electron chi connectivity index (χ2n) is 4.08. The van der Waals surface area contributed by atoms with E-state index in [0.29, 0.717) is 16.8 Å². The molecule has 1 aromatic rings. The zero-order valence-electron chi connectivity index (χ0n) is 9.73. The van der Waals surface area contributed by atoms with Crippen LogP contribution < -0.4 is 0 Å². The van der Waals surface area contributed by atoms with E-state index in [4.69, 9.17) is 0 Å². The third-order valence-electron chi connectivity index (χ3n) is 2.65. The average molecular weight is 309 g/mol. The predicted molar refractivity (Wildman–Crippen MR) is 67.4 cm³/mol. The molecule has 0 spiro atoms. The normalized spacial score (nSPS) is 13.7. The van der Waals surface area contributed by atoms with Crippen LogP contribution in [0.25, 0.3) is 0 Å². The molecule has 0 radical (unpaired) electrons. The summed E-state index contributed by atoms with van der Waals surface area (Å²) in [5, 5.41) is 0. The van der Waals surface area contributed by atoms with Crippen LogP contribution in [0.2, 0.25) is 0 Å². The molecule has 17 heavy (non-hydrogen) atoms. The first-order valence-electron chi connectivity index (χ1n) is 5.74. The number of hydrogen-bond donors (Lipinski definition) is 0. The first-order valence-corrected chi connectivity index (χ1v) is 6.66. The minimum atomic E-state index is -4.25. The molecular formula is C13H16BrF3. The Bertz CT molecular complexity index is 347. The van der Waals surface area contributed by atoms with Crippen LogP contribution in [0.4, 0.5) is 13.2 Å². The van der Waals surface area contributed by atoms with Gasteiger partial charge in [0, 0.05) is 4.83 Å². The van der Waals surface area contributed by atoms with Gasteiger partial charge < -0.3 is 0 Å². The van der Waals surface area contributed by atoms with Crippen LogP contribution in [0, 0.1) is 0 Å². The van der Waals surface area contributed by atoms with Crippen molar-refractivity contribution in [1.82, 2.24) is 0 Å². The van der Waals surface area contributed by atoms with Crippen LogP contribution >= 0.6 is 15.9 Å². The fourth-order valence-electron chi connectivity index (χ4n) is 1.78. The Morgan fingerprint density at radius 1 is 1.18 bits per heavy atom. The molecule has 0 nitrogen and oxygen atoms in total. The highest BCUT2D eigenvalue weighted by atomic mass is 79.9. The monoisotopic (exact) mass is 308 g/mol. The molecule has 1 atom stereocenters. The van der Waals surface area contributed by atoms with E-state index in [0.717, 1.165) is 25.3 Å². The van der Waals surface area contributed by atoms with Crippen LogP contribution in [-0.4, -0.2) is 4.83 Å². The molecule has 0 saturated carbocycles. The van der Waals surface area contributed by atoms with Crippen molar-refractivity contribution in [3.05, 3.63) is 35.4 Å². The van der Waals surface area contributed by atoms with Gasteiger partial charge in [-0.2, -0.15) is 13.2 Å². The van der Waals surface area contributed by atoms with E-state index in [9.17, 15) is 13.2 Å². The summed E-state index contributed by atoms with van der Waals surface area (Å²) in [6.45, 7) is 2.07. The minimum Gasteiger partial charge on any atom is -0.166 e. The quantitative estimate of drug-likeness (QED) is 0.656.